The molecule has 1 heterocycles. The first kappa shape index (κ1) is 19.0. The molecule has 1 saturated heterocycles. The number of carbonyl (C=O) groups is 2. The number of aryl methyl sites for hydroxylation is 4. The lowest BCUT2D eigenvalue weighted by Crippen LogP contribution is -2.58. The van der Waals surface area contributed by atoms with Gasteiger partial charge in [-0.3, -0.25) is 9.59 Å². The van der Waals surface area contributed by atoms with Crippen LogP contribution >= 0.6 is 0 Å². The number of carbonyl (C=O) groups excluding carboxylic acids is 1. The van der Waals surface area contributed by atoms with Crippen LogP contribution in [-0.4, -0.2) is 36.1 Å². The second-order valence-corrected chi connectivity index (χ2v) is 7.33. The summed E-state index contributed by atoms with van der Waals surface area (Å²) >= 11 is 0. The molecule has 1 unspecified atom stereocenters. The molecule has 5 nitrogen and oxygen atoms in total. The molecule has 1 amide bonds. The van der Waals surface area contributed by atoms with E-state index in [1.807, 2.05) is 69.0 Å². The maximum absolute atomic E-state index is 13.2. The van der Waals surface area contributed by atoms with E-state index in [9.17, 15) is 14.7 Å². The van der Waals surface area contributed by atoms with Gasteiger partial charge in [0.25, 0.3) is 0 Å². The molecule has 5 heteroatoms. The molecular weight excluding hydrogens is 340 g/mol. The fraction of sp³-hybridized carbons (Fsp3) is 0.364. The summed E-state index contributed by atoms with van der Waals surface area (Å²) in [7, 11) is 0. The summed E-state index contributed by atoms with van der Waals surface area (Å²) in [6, 6.07) is 11.2. The number of anilines is 2. The predicted octanol–water partition coefficient (Wildman–Crippen LogP) is 3.62. The molecule has 0 saturated carbocycles. The second kappa shape index (κ2) is 7.43. The summed E-state index contributed by atoms with van der Waals surface area (Å²) in [5.74, 6) is -1.13. The Bertz CT molecular complexity index is 891. The molecule has 2 aromatic carbocycles. The number of nitrogens with zero attached hydrogens (tertiary/aromatic N) is 2. The van der Waals surface area contributed by atoms with Gasteiger partial charge >= 0.3 is 5.97 Å². The first-order valence-electron chi connectivity index (χ1n) is 9.22. The SMILES string of the molecule is Cc1ccc(N2CCN(c3ccc(C)c(C)c3)C(CC(=O)O)C2=O)cc1C. The fourth-order valence-electron chi connectivity index (χ4n) is 3.51. The van der Waals surface area contributed by atoms with Gasteiger partial charge in [-0.1, -0.05) is 12.1 Å². The minimum Gasteiger partial charge on any atom is -0.481 e. The van der Waals surface area contributed by atoms with Gasteiger partial charge in [-0.2, -0.15) is 0 Å². The molecule has 27 heavy (non-hydrogen) atoms. The number of carboxylic acids is 1. The maximum atomic E-state index is 13.2. The van der Waals surface area contributed by atoms with Crippen molar-refractivity contribution < 1.29 is 14.7 Å². The van der Waals surface area contributed by atoms with Gasteiger partial charge < -0.3 is 14.9 Å². The third kappa shape index (κ3) is 3.82. The molecule has 1 atom stereocenters. The van der Waals surface area contributed by atoms with E-state index in [-0.39, 0.29) is 12.3 Å². The van der Waals surface area contributed by atoms with E-state index in [0.717, 1.165) is 22.5 Å². The zero-order chi connectivity index (χ0) is 19.7. The Kier molecular flexibility index (Phi) is 5.22. The molecule has 1 aliphatic heterocycles. The van der Waals surface area contributed by atoms with Crippen molar-refractivity contribution in [2.24, 2.45) is 0 Å². The smallest absolute Gasteiger partial charge is 0.305 e. The van der Waals surface area contributed by atoms with Crippen LogP contribution in [0.15, 0.2) is 36.4 Å². The summed E-state index contributed by atoms with van der Waals surface area (Å²) in [6.45, 7) is 9.24. The monoisotopic (exact) mass is 366 g/mol. The Morgan fingerprint density at radius 1 is 0.926 bits per heavy atom. The lowest BCUT2D eigenvalue weighted by Gasteiger charge is -2.41. The summed E-state index contributed by atoms with van der Waals surface area (Å²) in [5.41, 5.74) is 6.32. The third-order valence-electron chi connectivity index (χ3n) is 5.48. The van der Waals surface area contributed by atoms with Crippen LogP contribution in [0.2, 0.25) is 0 Å². The van der Waals surface area contributed by atoms with Gasteiger partial charge in [0.05, 0.1) is 6.42 Å². The van der Waals surface area contributed by atoms with E-state index in [0.29, 0.717) is 13.1 Å². The van der Waals surface area contributed by atoms with Crippen LogP contribution in [0.3, 0.4) is 0 Å². The highest BCUT2D eigenvalue weighted by Gasteiger charge is 2.37. The quantitative estimate of drug-likeness (QED) is 0.898. The number of carboxylic acid groups (broad SMARTS) is 1. The number of aliphatic carboxylic acids is 1. The highest BCUT2D eigenvalue weighted by molar-refractivity contribution is 6.02. The number of rotatable bonds is 4. The van der Waals surface area contributed by atoms with Gasteiger partial charge in [-0.25, -0.2) is 0 Å². The zero-order valence-corrected chi connectivity index (χ0v) is 16.3. The second-order valence-electron chi connectivity index (χ2n) is 7.33. The van der Waals surface area contributed by atoms with Crippen molar-refractivity contribution in [1.82, 2.24) is 0 Å². The van der Waals surface area contributed by atoms with E-state index in [4.69, 9.17) is 0 Å². The van der Waals surface area contributed by atoms with Crippen molar-refractivity contribution in [3.63, 3.8) is 0 Å². The molecule has 0 aromatic heterocycles. The van der Waals surface area contributed by atoms with Crippen molar-refractivity contribution in [2.45, 2.75) is 40.2 Å². The van der Waals surface area contributed by atoms with Crippen molar-refractivity contribution in [1.29, 1.82) is 0 Å². The molecule has 0 bridgehead atoms. The van der Waals surface area contributed by atoms with Crippen molar-refractivity contribution in [3.8, 4) is 0 Å². The summed E-state index contributed by atoms with van der Waals surface area (Å²) < 4.78 is 0. The van der Waals surface area contributed by atoms with Gasteiger partial charge in [0.15, 0.2) is 0 Å². The van der Waals surface area contributed by atoms with Crippen LogP contribution in [0.5, 0.6) is 0 Å². The Labute approximate surface area is 160 Å². The maximum Gasteiger partial charge on any atom is 0.305 e. The third-order valence-corrected chi connectivity index (χ3v) is 5.48. The molecule has 3 rings (SSSR count). The molecule has 0 aliphatic carbocycles. The minimum absolute atomic E-state index is 0.162. The lowest BCUT2D eigenvalue weighted by atomic mass is 10.0. The zero-order valence-electron chi connectivity index (χ0n) is 16.3. The molecule has 1 aliphatic rings. The Balaban J connectivity index is 1.94. The summed E-state index contributed by atoms with van der Waals surface area (Å²) in [4.78, 5) is 28.3. The van der Waals surface area contributed by atoms with Crippen molar-refractivity contribution in [3.05, 3.63) is 58.7 Å². The van der Waals surface area contributed by atoms with Crippen molar-refractivity contribution >= 4 is 23.3 Å². The molecule has 142 valence electrons. The summed E-state index contributed by atoms with van der Waals surface area (Å²) in [5, 5.41) is 9.39. The average Bonchev–Trinajstić information content (AvgIpc) is 2.61. The van der Waals surface area contributed by atoms with E-state index in [1.54, 1.807) is 4.90 Å². The number of hydrogen-bond donors (Lipinski definition) is 1. The Hall–Kier alpha value is -2.82. The number of hydrogen-bond acceptors (Lipinski definition) is 3. The van der Waals surface area contributed by atoms with Crippen LogP contribution < -0.4 is 9.80 Å². The van der Waals surface area contributed by atoms with E-state index >= 15 is 0 Å². The standard InChI is InChI=1S/C22H26N2O3/c1-14-5-7-18(11-16(14)3)23-9-10-24(22(27)20(23)13-21(25)26)19-8-6-15(2)17(4)12-19/h5-8,11-12,20H,9-10,13H2,1-4H3,(H,25,26). The topological polar surface area (TPSA) is 60.9 Å². The molecule has 2 aromatic rings. The fourth-order valence-corrected chi connectivity index (χ4v) is 3.51. The number of amides is 1. The first-order chi connectivity index (χ1) is 12.8. The minimum atomic E-state index is -0.968. The molecular formula is C22H26N2O3. The molecule has 1 fully saturated rings. The van der Waals surface area contributed by atoms with E-state index in [1.165, 1.54) is 11.1 Å². The van der Waals surface area contributed by atoms with Crippen LogP contribution in [0.1, 0.15) is 28.7 Å². The highest BCUT2D eigenvalue weighted by atomic mass is 16.4. The predicted molar refractivity (Wildman–Crippen MR) is 108 cm³/mol. The van der Waals surface area contributed by atoms with Gasteiger partial charge in [-0.15, -0.1) is 0 Å². The Morgan fingerprint density at radius 3 is 2.04 bits per heavy atom. The highest BCUT2D eigenvalue weighted by Crippen LogP contribution is 2.29. The first-order valence-corrected chi connectivity index (χ1v) is 9.22. The van der Waals surface area contributed by atoms with E-state index < -0.39 is 12.0 Å². The summed E-state index contributed by atoms with van der Waals surface area (Å²) in [6.07, 6.45) is -0.215. The number of piperazine rings is 1. The van der Waals surface area contributed by atoms with Crippen LogP contribution in [-0.2, 0) is 9.59 Å². The molecule has 0 spiro atoms. The number of benzene rings is 2. The van der Waals surface area contributed by atoms with Gasteiger partial charge in [0.1, 0.15) is 6.04 Å². The average molecular weight is 366 g/mol. The van der Waals surface area contributed by atoms with E-state index in [2.05, 4.69) is 0 Å². The molecule has 1 N–H and O–H groups in total. The van der Waals surface area contributed by atoms with Crippen molar-refractivity contribution in [2.75, 3.05) is 22.9 Å². The molecule has 0 radical (unpaired) electrons. The van der Waals surface area contributed by atoms with Gasteiger partial charge in [0, 0.05) is 24.5 Å². The normalized spacial score (nSPS) is 17.3. The Morgan fingerprint density at radius 2 is 1.48 bits per heavy atom. The largest absolute Gasteiger partial charge is 0.481 e. The van der Waals surface area contributed by atoms with Crippen LogP contribution in [0.4, 0.5) is 11.4 Å². The van der Waals surface area contributed by atoms with Crippen LogP contribution in [0, 0.1) is 27.7 Å². The van der Waals surface area contributed by atoms with Gasteiger partial charge in [-0.05, 0) is 74.2 Å². The lowest BCUT2D eigenvalue weighted by molar-refractivity contribution is -0.139. The van der Waals surface area contributed by atoms with Gasteiger partial charge in [0.2, 0.25) is 5.91 Å². The van der Waals surface area contributed by atoms with Crippen LogP contribution in [0.25, 0.3) is 0 Å².